The van der Waals surface area contributed by atoms with Gasteiger partial charge in [-0.3, -0.25) is 0 Å². The lowest BCUT2D eigenvalue weighted by Crippen LogP contribution is -2.44. The summed E-state index contributed by atoms with van der Waals surface area (Å²) in [6.45, 7) is 3.81. The monoisotopic (exact) mass is 234 g/mol. The Labute approximate surface area is 100 Å². The second kappa shape index (κ2) is 6.63. The van der Waals surface area contributed by atoms with Crippen LogP contribution >= 0.6 is 0 Å². The largest absolute Gasteiger partial charge is 0.388 e. The normalized spacial score (nSPS) is 11.1. The first kappa shape index (κ1) is 13.2. The van der Waals surface area contributed by atoms with E-state index >= 15 is 0 Å². The number of methoxy groups -OCH3 is 1. The average molecular weight is 234 g/mol. The third-order valence-electron chi connectivity index (χ3n) is 2.36. The molecule has 0 aliphatic heterocycles. The summed E-state index contributed by atoms with van der Waals surface area (Å²) < 4.78 is 5.33. The minimum absolute atomic E-state index is 0.649. The van der Waals surface area contributed by atoms with Gasteiger partial charge in [-0.2, -0.15) is 0 Å². The fourth-order valence-electron chi connectivity index (χ4n) is 1.66. The predicted octanol–water partition coefficient (Wildman–Crippen LogP) is 1.32. The summed E-state index contributed by atoms with van der Waals surface area (Å²) in [6, 6.07) is 8.61. The number of nitrogens with zero attached hydrogens (tertiary/aromatic N) is 1. The third-order valence-corrected chi connectivity index (χ3v) is 5.14. The molecule has 1 aromatic rings. The van der Waals surface area contributed by atoms with Crippen molar-refractivity contribution in [3.05, 3.63) is 36.4 Å². The van der Waals surface area contributed by atoms with E-state index < -0.39 is 8.80 Å². The molecule has 0 heterocycles. The number of hydrogen-bond acceptors (Lipinski definition) is 2. The molecule has 0 unspecified atom stereocenters. The van der Waals surface area contributed by atoms with E-state index in [-0.39, 0.29) is 0 Å². The van der Waals surface area contributed by atoms with Crippen LogP contribution in [0.2, 0.25) is 0 Å². The molecule has 0 saturated heterocycles. The van der Waals surface area contributed by atoms with Crippen molar-refractivity contribution < 1.29 is 4.74 Å². The zero-order chi connectivity index (χ0) is 12.0. The number of rotatable bonds is 6. The molecular formula is C13H20NOSi. The highest BCUT2D eigenvalue weighted by Crippen LogP contribution is 2.00. The standard InChI is InChI=1S/C13H20NOSi/c1-5-12-7-6-8-13(9-12)16(11-15-4)10-14(2)3/h5-9H,1,10-11H2,2-4H3. The molecule has 0 bridgehead atoms. The highest BCUT2D eigenvalue weighted by molar-refractivity contribution is 6.73. The lowest BCUT2D eigenvalue weighted by molar-refractivity contribution is 0.247. The maximum Gasteiger partial charge on any atom is 0.132 e. The Morgan fingerprint density at radius 3 is 2.75 bits per heavy atom. The van der Waals surface area contributed by atoms with Crippen molar-refractivity contribution in [3.8, 4) is 0 Å². The highest BCUT2D eigenvalue weighted by atomic mass is 28.3. The van der Waals surface area contributed by atoms with E-state index in [0.29, 0.717) is 0 Å². The van der Waals surface area contributed by atoms with Crippen LogP contribution in [0.5, 0.6) is 0 Å². The van der Waals surface area contributed by atoms with Crippen LogP contribution in [-0.2, 0) is 4.74 Å². The zero-order valence-electron chi connectivity index (χ0n) is 10.4. The second-order valence-electron chi connectivity index (χ2n) is 4.10. The molecule has 2 nitrogen and oxygen atoms in total. The van der Waals surface area contributed by atoms with E-state index in [1.165, 1.54) is 10.8 Å². The van der Waals surface area contributed by atoms with Gasteiger partial charge in [-0.25, -0.2) is 0 Å². The lowest BCUT2D eigenvalue weighted by Gasteiger charge is -2.19. The summed E-state index contributed by atoms with van der Waals surface area (Å²) in [5.74, 6) is 0. The molecule has 0 aliphatic carbocycles. The maximum absolute atomic E-state index is 5.33. The molecule has 1 aromatic carbocycles. The van der Waals surface area contributed by atoms with Gasteiger partial charge in [0.15, 0.2) is 0 Å². The van der Waals surface area contributed by atoms with E-state index in [9.17, 15) is 0 Å². The van der Waals surface area contributed by atoms with E-state index in [0.717, 1.165) is 12.4 Å². The number of ether oxygens (including phenoxy) is 1. The quantitative estimate of drug-likeness (QED) is 0.688. The van der Waals surface area contributed by atoms with Crippen molar-refractivity contribution in [2.45, 2.75) is 0 Å². The van der Waals surface area contributed by atoms with Crippen molar-refractivity contribution >= 4 is 20.1 Å². The third kappa shape index (κ3) is 3.93. The van der Waals surface area contributed by atoms with Crippen molar-refractivity contribution in [1.29, 1.82) is 0 Å². The van der Waals surface area contributed by atoms with Gasteiger partial charge in [-0.15, -0.1) is 0 Å². The Hall–Kier alpha value is -0.903. The van der Waals surface area contributed by atoms with Crippen LogP contribution in [-0.4, -0.2) is 47.3 Å². The van der Waals surface area contributed by atoms with Gasteiger partial charge in [0.2, 0.25) is 0 Å². The molecule has 0 saturated carbocycles. The van der Waals surface area contributed by atoms with E-state index in [4.69, 9.17) is 4.74 Å². The fourth-order valence-corrected chi connectivity index (χ4v) is 3.92. The molecule has 0 aromatic heterocycles. The average Bonchev–Trinajstić information content (AvgIpc) is 2.28. The maximum atomic E-state index is 5.33. The molecule has 0 fully saturated rings. The molecule has 0 atom stereocenters. The van der Waals surface area contributed by atoms with Crippen LogP contribution in [0.15, 0.2) is 30.8 Å². The molecular weight excluding hydrogens is 214 g/mol. The van der Waals surface area contributed by atoms with E-state index in [1.807, 2.05) is 6.08 Å². The molecule has 1 rings (SSSR count). The predicted molar refractivity (Wildman–Crippen MR) is 72.4 cm³/mol. The molecule has 0 amide bonds. The lowest BCUT2D eigenvalue weighted by atomic mass is 10.2. The summed E-state index contributed by atoms with van der Waals surface area (Å²) in [4.78, 5) is 2.23. The molecule has 0 spiro atoms. The molecule has 0 N–H and O–H groups in total. The first-order chi connectivity index (χ1) is 7.67. The fraction of sp³-hybridized carbons (Fsp3) is 0.385. The first-order valence-electron chi connectivity index (χ1n) is 5.38. The summed E-state index contributed by atoms with van der Waals surface area (Å²) >= 11 is 0. The van der Waals surface area contributed by atoms with Crippen molar-refractivity contribution in [2.75, 3.05) is 33.6 Å². The van der Waals surface area contributed by atoms with Gasteiger partial charge in [0.25, 0.3) is 0 Å². The van der Waals surface area contributed by atoms with Crippen molar-refractivity contribution in [1.82, 2.24) is 4.90 Å². The van der Waals surface area contributed by atoms with Crippen LogP contribution in [0.25, 0.3) is 6.08 Å². The van der Waals surface area contributed by atoms with Crippen LogP contribution in [0.3, 0.4) is 0 Å². The van der Waals surface area contributed by atoms with Crippen LogP contribution in [0.1, 0.15) is 5.56 Å². The summed E-state index contributed by atoms with van der Waals surface area (Å²) in [6.07, 6.45) is 3.84. The van der Waals surface area contributed by atoms with Crippen LogP contribution < -0.4 is 5.19 Å². The summed E-state index contributed by atoms with van der Waals surface area (Å²) in [5, 5.41) is 1.41. The smallest absolute Gasteiger partial charge is 0.132 e. The van der Waals surface area contributed by atoms with Gasteiger partial charge in [-0.1, -0.05) is 42.1 Å². The molecule has 16 heavy (non-hydrogen) atoms. The van der Waals surface area contributed by atoms with Gasteiger partial charge >= 0.3 is 0 Å². The Morgan fingerprint density at radius 1 is 1.44 bits per heavy atom. The Morgan fingerprint density at radius 2 is 2.19 bits per heavy atom. The summed E-state index contributed by atoms with van der Waals surface area (Å²) in [5.41, 5.74) is 1.19. The Kier molecular flexibility index (Phi) is 5.45. The van der Waals surface area contributed by atoms with Gasteiger partial charge < -0.3 is 9.64 Å². The van der Waals surface area contributed by atoms with Crippen molar-refractivity contribution in [3.63, 3.8) is 0 Å². The van der Waals surface area contributed by atoms with Crippen LogP contribution in [0.4, 0.5) is 0 Å². The SMILES string of the molecule is C=Cc1cccc([Si](COC)CN(C)C)c1. The molecule has 87 valence electrons. The topological polar surface area (TPSA) is 12.5 Å². The molecule has 3 heteroatoms. The molecule has 0 aliphatic rings. The van der Waals surface area contributed by atoms with Gasteiger partial charge in [0, 0.05) is 13.3 Å². The van der Waals surface area contributed by atoms with Crippen molar-refractivity contribution in [2.24, 2.45) is 0 Å². The Balaban J connectivity index is 2.86. The van der Waals surface area contributed by atoms with Crippen LogP contribution in [0, 0.1) is 0 Å². The minimum Gasteiger partial charge on any atom is -0.388 e. The van der Waals surface area contributed by atoms with E-state index in [2.05, 4.69) is 49.8 Å². The molecule has 1 radical (unpaired) electrons. The van der Waals surface area contributed by atoms with Gasteiger partial charge in [-0.05, 0) is 25.8 Å². The highest BCUT2D eigenvalue weighted by Gasteiger charge is 2.15. The first-order valence-corrected chi connectivity index (χ1v) is 7.30. The number of benzene rings is 1. The summed E-state index contributed by atoms with van der Waals surface area (Å²) in [7, 11) is 5.34. The van der Waals surface area contributed by atoms with Gasteiger partial charge in [0.05, 0.1) is 0 Å². The zero-order valence-corrected chi connectivity index (χ0v) is 11.4. The van der Waals surface area contributed by atoms with E-state index in [1.54, 1.807) is 7.11 Å². The Bertz CT molecular complexity index is 338. The van der Waals surface area contributed by atoms with Gasteiger partial charge in [0.1, 0.15) is 8.80 Å². The number of hydrogen-bond donors (Lipinski definition) is 0. The minimum atomic E-state index is -0.649. The second-order valence-corrected chi connectivity index (χ2v) is 6.49.